The molecular formula is C16H14ClNO2. The molecule has 0 bridgehead atoms. The van der Waals surface area contributed by atoms with E-state index in [9.17, 15) is 9.90 Å². The van der Waals surface area contributed by atoms with E-state index in [1.165, 1.54) is 0 Å². The largest absolute Gasteiger partial charge is 0.508 e. The zero-order valence-corrected chi connectivity index (χ0v) is 11.8. The number of ketones is 1. The Bertz CT molecular complexity index is 681. The van der Waals surface area contributed by atoms with Crippen molar-refractivity contribution in [2.45, 2.75) is 25.2 Å². The first-order valence-electron chi connectivity index (χ1n) is 6.50. The van der Waals surface area contributed by atoms with Crippen LogP contribution < -0.4 is 0 Å². The zero-order chi connectivity index (χ0) is 14.3. The highest BCUT2D eigenvalue weighted by Gasteiger charge is 2.40. The van der Waals surface area contributed by atoms with Gasteiger partial charge in [-0.15, -0.1) is 0 Å². The predicted octanol–water partition coefficient (Wildman–Crippen LogP) is 3.53. The maximum Gasteiger partial charge on any atom is 0.174 e. The fourth-order valence-electron chi connectivity index (χ4n) is 2.76. The number of rotatable bonds is 1. The molecule has 0 saturated heterocycles. The molecule has 2 aromatic rings. The van der Waals surface area contributed by atoms with E-state index in [1.807, 2.05) is 19.1 Å². The Morgan fingerprint density at radius 2 is 1.90 bits per heavy atom. The maximum absolute atomic E-state index is 12.8. The van der Waals surface area contributed by atoms with Crippen LogP contribution in [0.15, 0.2) is 36.4 Å². The van der Waals surface area contributed by atoms with Crippen LogP contribution in [0.5, 0.6) is 5.75 Å². The van der Waals surface area contributed by atoms with Gasteiger partial charge < -0.3 is 5.11 Å². The summed E-state index contributed by atoms with van der Waals surface area (Å²) in [5, 5.41) is 9.80. The number of aromatic nitrogens is 1. The Labute approximate surface area is 122 Å². The van der Waals surface area contributed by atoms with E-state index in [0.717, 1.165) is 17.7 Å². The minimum atomic E-state index is -0.573. The van der Waals surface area contributed by atoms with Gasteiger partial charge in [-0.3, -0.25) is 4.79 Å². The van der Waals surface area contributed by atoms with Crippen molar-refractivity contribution in [3.63, 3.8) is 0 Å². The second-order valence-corrected chi connectivity index (χ2v) is 5.72. The summed E-state index contributed by atoms with van der Waals surface area (Å²) in [6, 6.07) is 10.3. The maximum atomic E-state index is 12.8. The number of hydrogen-bond acceptors (Lipinski definition) is 3. The van der Waals surface area contributed by atoms with Crippen LogP contribution in [0, 0.1) is 0 Å². The number of aromatic hydroxyl groups is 1. The molecule has 1 heterocycles. The quantitative estimate of drug-likeness (QED) is 0.816. The smallest absolute Gasteiger partial charge is 0.174 e. The average Bonchev–Trinajstić information content (AvgIpc) is 2.44. The number of phenolic OH excluding ortho intramolecular Hbond substituents is 1. The molecule has 0 fully saturated rings. The molecule has 102 valence electrons. The van der Waals surface area contributed by atoms with Crippen molar-refractivity contribution in [1.82, 2.24) is 4.98 Å². The first-order valence-corrected chi connectivity index (χ1v) is 6.88. The average molecular weight is 288 g/mol. The Hall–Kier alpha value is -1.87. The van der Waals surface area contributed by atoms with Crippen LogP contribution in [0.2, 0.25) is 5.15 Å². The molecule has 1 aliphatic carbocycles. The highest BCUT2D eigenvalue weighted by molar-refractivity contribution is 6.29. The number of carbonyl (C=O) groups is 1. The highest BCUT2D eigenvalue weighted by atomic mass is 35.5. The molecule has 1 aliphatic rings. The first-order chi connectivity index (χ1) is 9.50. The number of halogens is 1. The topological polar surface area (TPSA) is 50.2 Å². The molecule has 1 unspecified atom stereocenters. The number of benzene rings is 1. The summed E-state index contributed by atoms with van der Waals surface area (Å²) >= 11 is 5.88. The van der Waals surface area contributed by atoms with Crippen molar-refractivity contribution in [1.29, 1.82) is 0 Å². The van der Waals surface area contributed by atoms with Crippen molar-refractivity contribution in [3.8, 4) is 5.75 Å². The third-order valence-corrected chi connectivity index (χ3v) is 4.26. The van der Waals surface area contributed by atoms with Gasteiger partial charge in [0, 0.05) is 5.56 Å². The molecule has 1 aromatic carbocycles. The zero-order valence-electron chi connectivity index (χ0n) is 11.1. The monoisotopic (exact) mass is 287 g/mol. The van der Waals surface area contributed by atoms with Gasteiger partial charge in [0.1, 0.15) is 10.9 Å². The van der Waals surface area contributed by atoms with E-state index in [1.54, 1.807) is 24.3 Å². The molecule has 0 radical (unpaired) electrons. The Kier molecular flexibility index (Phi) is 3.02. The number of carbonyl (C=O) groups excluding carboxylic acids is 1. The van der Waals surface area contributed by atoms with Gasteiger partial charge >= 0.3 is 0 Å². The lowest BCUT2D eigenvalue weighted by molar-refractivity contribution is 0.0874. The van der Waals surface area contributed by atoms with E-state index in [0.29, 0.717) is 17.1 Å². The lowest BCUT2D eigenvalue weighted by Gasteiger charge is -2.33. The lowest BCUT2D eigenvalue weighted by atomic mass is 9.69. The summed E-state index contributed by atoms with van der Waals surface area (Å²) in [6.45, 7) is 1.94. The molecule has 0 amide bonds. The molecule has 1 atom stereocenters. The summed E-state index contributed by atoms with van der Waals surface area (Å²) in [6.07, 6.45) is 1.41. The summed E-state index contributed by atoms with van der Waals surface area (Å²) in [4.78, 5) is 17.0. The molecule has 1 N–H and O–H groups in total. The summed E-state index contributed by atoms with van der Waals surface area (Å²) in [5.74, 6) is 0.267. The Morgan fingerprint density at radius 1 is 1.20 bits per heavy atom. The second kappa shape index (κ2) is 4.60. The number of Topliss-reactive ketones (excluding diaryl/α,β-unsaturated/α-hetero) is 1. The van der Waals surface area contributed by atoms with E-state index < -0.39 is 5.41 Å². The van der Waals surface area contributed by atoms with Crippen molar-refractivity contribution in [2.24, 2.45) is 0 Å². The van der Waals surface area contributed by atoms with Gasteiger partial charge in [0.2, 0.25) is 0 Å². The third-order valence-electron chi connectivity index (χ3n) is 4.05. The minimum Gasteiger partial charge on any atom is -0.508 e. The fraction of sp³-hybridized carbons (Fsp3) is 0.250. The molecule has 4 heteroatoms. The number of phenols is 1. The standard InChI is InChI=1S/C16H14ClNO2/c1-16(10-2-4-11(19)5-3-10)9-8-13-12(15(16)20)6-7-14(17)18-13/h2-7,19H,8-9H2,1H3. The predicted molar refractivity (Wildman–Crippen MR) is 77.4 cm³/mol. The van der Waals surface area contributed by atoms with Crippen molar-refractivity contribution in [2.75, 3.05) is 0 Å². The van der Waals surface area contributed by atoms with E-state index in [4.69, 9.17) is 11.6 Å². The third kappa shape index (κ3) is 1.98. The summed E-state index contributed by atoms with van der Waals surface area (Å²) < 4.78 is 0. The number of nitrogens with zero attached hydrogens (tertiary/aromatic N) is 1. The molecular weight excluding hydrogens is 274 g/mol. The normalized spacial score (nSPS) is 21.6. The molecule has 3 rings (SSSR count). The van der Waals surface area contributed by atoms with Gasteiger partial charge in [0.05, 0.1) is 11.1 Å². The SMILES string of the molecule is CC1(c2ccc(O)cc2)CCc2nc(Cl)ccc2C1=O. The van der Waals surface area contributed by atoms with Crippen LogP contribution in [-0.2, 0) is 11.8 Å². The molecule has 0 saturated carbocycles. The summed E-state index contributed by atoms with van der Waals surface area (Å²) in [5.41, 5.74) is 1.77. The molecule has 20 heavy (non-hydrogen) atoms. The van der Waals surface area contributed by atoms with Crippen LogP contribution in [0.25, 0.3) is 0 Å². The van der Waals surface area contributed by atoms with Crippen molar-refractivity contribution < 1.29 is 9.90 Å². The molecule has 3 nitrogen and oxygen atoms in total. The lowest BCUT2D eigenvalue weighted by Crippen LogP contribution is -2.37. The molecule has 0 aliphatic heterocycles. The van der Waals surface area contributed by atoms with Crippen LogP contribution in [0.1, 0.15) is 35.0 Å². The van der Waals surface area contributed by atoms with Crippen LogP contribution in [0.4, 0.5) is 0 Å². The summed E-state index contributed by atoms with van der Waals surface area (Å²) in [7, 11) is 0. The van der Waals surface area contributed by atoms with Crippen LogP contribution >= 0.6 is 11.6 Å². The van der Waals surface area contributed by atoms with Gasteiger partial charge in [0.25, 0.3) is 0 Å². The van der Waals surface area contributed by atoms with Gasteiger partial charge in [0.15, 0.2) is 5.78 Å². The minimum absolute atomic E-state index is 0.0635. The fourth-order valence-corrected chi connectivity index (χ4v) is 2.92. The number of hydrogen-bond donors (Lipinski definition) is 1. The van der Waals surface area contributed by atoms with E-state index >= 15 is 0 Å². The van der Waals surface area contributed by atoms with Crippen molar-refractivity contribution in [3.05, 3.63) is 58.4 Å². The number of pyridine rings is 1. The van der Waals surface area contributed by atoms with E-state index in [2.05, 4.69) is 4.98 Å². The van der Waals surface area contributed by atoms with Crippen LogP contribution in [0.3, 0.4) is 0 Å². The molecule has 0 spiro atoms. The highest BCUT2D eigenvalue weighted by Crippen LogP contribution is 2.38. The van der Waals surface area contributed by atoms with Gasteiger partial charge in [-0.1, -0.05) is 23.7 Å². The van der Waals surface area contributed by atoms with Crippen LogP contribution in [-0.4, -0.2) is 15.9 Å². The van der Waals surface area contributed by atoms with Gasteiger partial charge in [-0.25, -0.2) is 4.98 Å². The molecule has 1 aromatic heterocycles. The van der Waals surface area contributed by atoms with Gasteiger partial charge in [-0.2, -0.15) is 0 Å². The Balaban J connectivity index is 2.06. The Morgan fingerprint density at radius 3 is 2.60 bits per heavy atom. The van der Waals surface area contributed by atoms with Crippen molar-refractivity contribution >= 4 is 17.4 Å². The first kappa shape index (κ1) is 13.1. The number of fused-ring (bicyclic) bond motifs is 1. The van der Waals surface area contributed by atoms with E-state index in [-0.39, 0.29) is 11.5 Å². The number of aryl methyl sites for hydroxylation is 1. The second-order valence-electron chi connectivity index (χ2n) is 5.34. The van der Waals surface area contributed by atoms with Gasteiger partial charge in [-0.05, 0) is 49.6 Å².